The fourth-order valence-corrected chi connectivity index (χ4v) is 5.91. The van der Waals surface area contributed by atoms with E-state index in [2.05, 4.69) is 5.32 Å². The highest BCUT2D eigenvalue weighted by Crippen LogP contribution is 2.59. The monoisotopic (exact) mass is 305 g/mol. The van der Waals surface area contributed by atoms with Crippen molar-refractivity contribution in [1.29, 1.82) is 0 Å². The molecule has 4 bridgehead atoms. The second-order valence-corrected chi connectivity index (χ2v) is 8.20. The molecule has 1 heterocycles. The van der Waals surface area contributed by atoms with Gasteiger partial charge in [-0.2, -0.15) is 0 Å². The molecule has 0 aromatic carbocycles. The van der Waals surface area contributed by atoms with Crippen molar-refractivity contribution in [3.63, 3.8) is 0 Å². The quantitative estimate of drug-likeness (QED) is 0.807. The van der Waals surface area contributed by atoms with Gasteiger partial charge in [0.2, 0.25) is 6.41 Å². The number of hydrogen-bond donors (Lipinski definition) is 1. The van der Waals surface area contributed by atoms with Crippen LogP contribution in [-0.4, -0.2) is 55.0 Å². The molecule has 5 aliphatic rings. The van der Waals surface area contributed by atoms with E-state index in [1.807, 2.05) is 4.90 Å². The average molecular weight is 305 g/mol. The number of hydrogen-bond acceptors (Lipinski definition) is 2. The van der Waals surface area contributed by atoms with Gasteiger partial charge < -0.3 is 15.1 Å². The molecular formula is C17H27N3O2. The summed E-state index contributed by atoms with van der Waals surface area (Å²) in [5.74, 6) is 2.79. The van der Waals surface area contributed by atoms with Crippen molar-refractivity contribution in [2.24, 2.45) is 23.2 Å². The normalized spacial score (nSPS) is 39.9. The third kappa shape index (κ3) is 2.59. The van der Waals surface area contributed by atoms with Gasteiger partial charge in [-0.25, -0.2) is 4.79 Å². The first-order valence-corrected chi connectivity index (χ1v) is 8.88. The van der Waals surface area contributed by atoms with Gasteiger partial charge in [0.15, 0.2) is 0 Å². The maximum atomic E-state index is 12.4. The molecule has 5 fully saturated rings. The van der Waals surface area contributed by atoms with Crippen molar-refractivity contribution < 1.29 is 9.59 Å². The standard InChI is InChI=1S/C17H27N3O2/c21-12-19-1-3-20(4-2-19)16(22)18-11-17-8-13-5-14(9-17)7-15(6-13)10-17/h12-15H,1-11H2,(H,18,22). The third-order valence-electron chi connectivity index (χ3n) is 6.53. The van der Waals surface area contributed by atoms with Crippen LogP contribution in [0.1, 0.15) is 38.5 Å². The fourth-order valence-electron chi connectivity index (χ4n) is 5.91. The minimum absolute atomic E-state index is 0.0706. The minimum atomic E-state index is 0.0706. The van der Waals surface area contributed by atoms with Crippen LogP contribution in [0.25, 0.3) is 0 Å². The lowest BCUT2D eigenvalue weighted by Crippen LogP contribution is -2.55. The topological polar surface area (TPSA) is 52.7 Å². The molecule has 1 N–H and O–H groups in total. The van der Waals surface area contributed by atoms with Crippen LogP contribution in [0.5, 0.6) is 0 Å². The Labute approximate surface area is 132 Å². The number of carbonyl (C=O) groups excluding carboxylic acids is 2. The van der Waals surface area contributed by atoms with E-state index >= 15 is 0 Å². The number of rotatable bonds is 3. The number of nitrogens with one attached hydrogen (secondary N) is 1. The molecule has 0 aromatic rings. The Balaban J connectivity index is 1.31. The van der Waals surface area contributed by atoms with Crippen LogP contribution in [0.2, 0.25) is 0 Å². The highest BCUT2D eigenvalue weighted by molar-refractivity contribution is 5.74. The van der Waals surface area contributed by atoms with Crippen LogP contribution < -0.4 is 5.32 Å². The Morgan fingerprint density at radius 2 is 1.55 bits per heavy atom. The van der Waals surface area contributed by atoms with Crippen LogP contribution in [0.4, 0.5) is 4.79 Å². The molecule has 0 spiro atoms. The fraction of sp³-hybridized carbons (Fsp3) is 0.882. The molecule has 4 saturated carbocycles. The molecule has 0 radical (unpaired) electrons. The van der Waals surface area contributed by atoms with Crippen LogP contribution in [-0.2, 0) is 4.79 Å². The molecule has 1 saturated heterocycles. The molecule has 0 atom stereocenters. The van der Waals surface area contributed by atoms with E-state index in [0.29, 0.717) is 31.6 Å². The lowest BCUT2D eigenvalue weighted by molar-refractivity contribution is -0.119. The Bertz CT molecular complexity index is 422. The summed E-state index contributed by atoms with van der Waals surface area (Å²) in [5, 5.41) is 3.22. The number of urea groups is 1. The first kappa shape index (κ1) is 14.3. The van der Waals surface area contributed by atoms with Gasteiger partial charge in [-0.3, -0.25) is 4.79 Å². The summed E-state index contributed by atoms with van der Waals surface area (Å²) in [6, 6.07) is 0.0706. The second kappa shape index (κ2) is 5.43. The highest BCUT2D eigenvalue weighted by Gasteiger charge is 2.50. The molecule has 4 aliphatic carbocycles. The smallest absolute Gasteiger partial charge is 0.317 e. The van der Waals surface area contributed by atoms with E-state index in [1.165, 1.54) is 38.5 Å². The number of piperazine rings is 1. The van der Waals surface area contributed by atoms with Gasteiger partial charge >= 0.3 is 6.03 Å². The van der Waals surface area contributed by atoms with Crippen molar-refractivity contribution in [2.75, 3.05) is 32.7 Å². The summed E-state index contributed by atoms with van der Waals surface area (Å²) in [6.45, 7) is 3.50. The average Bonchev–Trinajstić information content (AvgIpc) is 2.51. The predicted molar refractivity (Wildman–Crippen MR) is 83.2 cm³/mol. The summed E-state index contributed by atoms with van der Waals surface area (Å²) in [7, 11) is 0. The summed E-state index contributed by atoms with van der Waals surface area (Å²) < 4.78 is 0. The zero-order chi connectivity index (χ0) is 15.2. The summed E-state index contributed by atoms with van der Waals surface area (Å²) in [6.07, 6.45) is 9.21. The van der Waals surface area contributed by atoms with Crippen LogP contribution in [0, 0.1) is 23.2 Å². The number of amides is 3. The number of carbonyl (C=O) groups is 2. The first-order chi connectivity index (χ1) is 10.7. The van der Waals surface area contributed by atoms with Crippen molar-refractivity contribution in [1.82, 2.24) is 15.1 Å². The zero-order valence-electron chi connectivity index (χ0n) is 13.3. The largest absolute Gasteiger partial charge is 0.342 e. The van der Waals surface area contributed by atoms with Gasteiger partial charge in [0.25, 0.3) is 0 Å². The van der Waals surface area contributed by atoms with E-state index in [1.54, 1.807) is 4.90 Å². The first-order valence-electron chi connectivity index (χ1n) is 8.88. The van der Waals surface area contributed by atoms with E-state index in [-0.39, 0.29) is 6.03 Å². The molecule has 5 nitrogen and oxygen atoms in total. The second-order valence-electron chi connectivity index (χ2n) is 8.20. The minimum Gasteiger partial charge on any atom is -0.342 e. The van der Waals surface area contributed by atoms with Crippen molar-refractivity contribution in [3.05, 3.63) is 0 Å². The maximum Gasteiger partial charge on any atom is 0.317 e. The Morgan fingerprint density at radius 3 is 2.05 bits per heavy atom. The molecule has 5 rings (SSSR count). The maximum absolute atomic E-state index is 12.4. The van der Waals surface area contributed by atoms with Crippen LogP contribution >= 0.6 is 0 Å². The Hall–Kier alpha value is -1.26. The highest BCUT2D eigenvalue weighted by atomic mass is 16.2. The van der Waals surface area contributed by atoms with Crippen LogP contribution in [0.3, 0.4) is 0 Å². The van der Waals surface area contributed by atoms with Gasteiger partial charge in [-0.15, -0.1) is 0 Å². The predicted octanol–water partition coefficient (Wildman–Crippen LogP) is 1.69. The van der Waals surface area contributed by atoms with Crippen molar-refractivity contribution in [2.45, 2.75) is 38.5 Å². The van der Waals surface area contributed by atoms with Gasteiger partial charge in [0, 0.05) is 32.7 Å². The Kier molecular flexibility index (Phi) is 3.54. The molecule has 1 aliphatic heterocycles. The molecule has 5 heteroatoms. The van der Waals surface area contributed by atoms with Crippen molar-refractivity contribution >= 4 is 12.4 Å². The summed E-state index contributed by atoms with van der Waals surface area (Å²) in [5.41, 5.74) is 0.398. The summed E-state index contributed by atoms with van der Waals surface area (Å²) in [4.78, 5) is 26.7. The van der Waals surface area contributed by atoms with E-state index in [9.17, 15) is 9.59 Å². The van der Waals surface area contributed by atoms with E-state index in [0.717, 1.165) is 30.7 Å². The molecule has 3 amide bonds. The van der Waals surface area contributed by atoms with Crippen LogP contribution in [0.15, 0.2) is 0 Å². The Morgan fingerprint density at radius 1 is 1.00 bits per heavy atom. The van der Waals surface area contributed by atoms with Gasteiger partial charge in [0.05, 0.1) is 0 Å². The molecule has 22 heavy (non-hydrogen) atoms. The van der Waals surface area contributed by atoms with E-state index < -0.39 is 0 Å². The van der Waals surface area contributed by atoms with Crippen molar-refractivity contribution in [3.8, 4) is 0 Å². The number of nitrogens with zero attached hydrogens (tertiary/aromatic N) is 2. The molecule has 0 unspecified atom stereocenters. The molecular weight excluding hydrogens is 278 g/mol. The zero-order valence-corrected chi connectivity index (χ0v) is 13.3. The van der Waals surface area contributed by atoms with E-state index in [4.69, 9.17) is 0 Å². The van der Waals surface area contributed by atoms with Gasteiger partial charge in [-0.1, -0.05) is 0 Å². The lowest BCUT2D eigenvalue weighted by atomic mass is 9.49. The summed E-state index contributed by atoms with van der Waals surface area (Å²) >= 11 is 0. The molecule has 0 aromatic heterocycles. The SMILES string of the molecule is O=CN1CCN(C(=O)NCC23CC4CC(CC(C4)C2)C3)CC1. The third-order valence-corrected chi connectivity index (χ3v) is 6.53. The lowest BCUT2D eigenvalue weighted by Gasteiger charge is -2.57. The van der Waals surface area contributed by atoms with Gasteiger partial charge in [-0.05, 0) is 61.7 Å². The molecule has 122 valence electrons. The van der Waals surface area contributed by atoms with Gasteiger partial charge in [0.1, 0.15) is 0 Å².